The SMILES string of the molecule is Cn1cc(C2COC(N)=N2)cn1. The lowest BCUT2D eigenvalue weighted by molar-refractivity contribution is 0.315. The van der Waals surface area contributed by atoms with Crippen LogP contribution in [-0.2, 0) is 11.8 Å². The first kappa shape index (κ1) is 7.15. The second-order valence-electron chi connectivity index (χ2n) is 2.74. The maximum atomic E-state index is 5.37. The Balaban J connectivity index is 2.21. The molecule has 1 aliphatic heterocycles. The Bertz CT molecular complexity index is 317. The summed E-state index contributed by atoms with van der Waals surface area (Å²) in [4.78, 5) is 4.09. The first-order valence-electron chi connectivity index (χ1n) is 3.70. The summed E-state index contributed by atoms with van der Waals surface area (Å²) < 4.78 is 6.76. The minimum absolute atomic E-state index is 0.0266. The zero-order valence-electron chi connectivity index (χ0n) is 6.77. The van der Waals surface area contributed by atoms with Gasteiger partial charge in [0.15, 0.2) is 0 Å². The van der Waals surface area contributed by atoms with Gasteiger partial charge < -0.3 is 10.5 Å². The maximum Gasteiger partial charge on any atom is 0.282 e. The topological polar surface area (TPSA) is 65.4 Å². The largest absolute Gasteiger partial charge is 0.463 e. The molecular weight excluding hydrogens is 156 g/mol. The molecule has 2 heterocycles. The van der Waals surface area contributed by atoms with E-state index in [0.717, 1.165) is 5.56 Å². The predicted molar refractivity (Wildman–Crippen MR) is 43.5 cm³/mol. The molecule has 0 bridgehead atoms. The van der Waals surface area contributed by atoms with Crippen molar-refractivity contribution in [2.24, 2.45) is 17.8 Å². The van der Waals surface area contributed by atoms with Crippen LogP contribution in [0.15, 0.2) is 17.4 Å². The molecule has 0 radical (unpaired) electrons. The van der Waals surface area contributed by atoms with Crippen molar-refractivity contribution in [3.63, 3.8) is 0 Å². The van der Waals surface area contributed by atoms with Gasteiger partial charge in [-0.1, -0.05) is 0 Å². The molecular formula is C7H10N4O. The van der Waals surface area contributed by atoms with Crippen LogP contribution >= 0.6 is 0 Å². The number of nitrogens with two attached hydrogens (primary N) is 1. The second kappa shape index (κ2) is 2.51. The molecule has 1 atom stereocenters. The lowest BCUT2D eigenvalue weighted by Crippen LogP contribution is -2.10. The van der Waals surface area contributed by atoms with E-state index >= 15 is 0 Å². The number of rotatable bonds is 1. The van der Waals surface area contributed by atoms with Crippen molar-refractivity contribution in [1.29, 1.82) is 0 Å². The lowest BCUT2D eigenvalue weighted by Gasteiger charge is -1.98. The number of hydrogen-bond acceptors (Lipinski definition) is 4. The highest BCUT2D eigenvalue weighted by atomic mass is 16.5. The van der Waals surface area contributed by atoms with Crippen molar-refractivity contribution < 1.29 is 4.74 Å². The number of amidine groups is 1. The summed E-state index contributed by atoms with van der Waals surface area (Å²) in [6.07, 6.45) is 3.69. The predicted octanol–water partition coefficient (Wildman–Crippen LogP) is -0.194. The molecule has 1 unspecified atom stereocenters. The molecule has 0 aromatic carbocycles. The van der Waals surface area contributed by atoms with Crippen LogP contribution in [0, 0.1) is 0 Å². The molecule has 2 rings (SSSR count). The highest BCUT2D eigenvalue weighted by molar-refractivity contribution is 5.73. The minimum Gasteiger partial charge on any atom is -0.463 e. The standard InChI is InChI=1S/C7H10N4O/c1-11-3-5(2-9-11)6-4-12-7(8)10-6/h2-3,6H,4H2,1H3,(H2,8,10). The van der Waals surface area contributed by atoms with E-state index in [-0.39, 0.29) is 12.1 Å². The van der Waals surface area contributed by atoms with Crippen molar-refractivity contribution in [2.45, 2.75) is 6.04 Å². The van der Waals surface area contributed by atoms with E-state index in [0.29, 0.717) is 6.61 Å². The van der Waals surface area contributed by atoms with Gasteiger partial charge in [0.05, 0.1) is 6.20 Å². The molecule has 1 aromatic heterocycles. The van der Waals surface area contributed by atoms with E-state index in [4.69, 9.17) is 10.5 Å². The molecule has 64 valence electrons. The van der Waals surface area contributed by atoms with E-state index < -0.39 is 0 Å². The normalized spacial score (nSPS) is 22.1. The molecule has 5 heteroatoms. The third kappa shape index (κ3) is 1.13. The van der Waals surface area contributed by atoms with E-state index in [1.54, 1.807) is 10.9 Å². The molecule has 1 aliphatic rings. The van der Waals surface area contributed by atoms with Gasteiger partial charge in [-0.05, 0) is 0 Å². The summed E-state index contributed by atoms with van der Waals surface area (Å²) in [6, 6.07) is 0.294. The third-order valence-corrected chi connectivity index (χ3v) is 1.78. The van der Waals surface area contributed by atoms with Gasteiger partial charge in [0.1, 0.15) is 12.6 Å². The highest BCUT2D eigenvalue weighted by Crippen LogP contribution is 2.20. The van der Waals surface area contributed by atoms with Crippen molar-refractivity contribution in [3.8, 4) is 0 Å². The molecule has 1 aromatic rings. The fourth-order valence-electron chi connectivity index (χ4n) is 1.18. The Morgan fingerprint density at radius 2 is 2.58 bits per heavy atom. The molecule has 0 saturated heterocycles. The molecule has 0 fully saturated rings. The van der Waals surface area contributed by atoms with Gasteiger partial charge in [0.2, 0.25) is 0 Å². The van der Waals surface area contributed by atoms with E-state index in [1.165, 1.54) is 0 Å². The summed E-state index contributed by atoms with van der Waals surface area (Å²) in [5, 5.41) is 4.04. The fraction of sp³-hybridized carbons (Fsp3) is 0.429. The van der Waals surface area contributed by atoms with Crippen LogP contribution in [0.5, 0.6) is 0 Å². The number of hydrogen-bond donors (Lipinski definition) is 1. The van der Waals surface area contributed by atoms with Gasteiger partial charge in [-0.25, -0.2) is 4.99 Å². The average Bonchev–Trinajstić information content (AvgIpc) is 2.58. The van der Waals surface area contributed by atoms with Crippen LogP contribution in [0.2, 0.25) is 0 Å². The number of nitrogens with zero attached hydrogens (tertiary/aromatic N) is 3. The monoisotopic (exact) mass is 166 g/mol. The molecule has 0 amide bonds. The summed E-state index contributed by atoms with van der Waals surface area (Å²) in [6.45, 7) is 0.525. The van der Waals surface area contributed by atoms with Crippen LogP contribution in [0.4, 0.5) is 0 Å². The Hall–Kier alpha value is -1.52. The van der Waals surface area contributed by atoms with Crippen molar-refractivity contribution >= 4 is 6.02 Å². The molecule has 2 N–H and O–H groups in total. The third-order valence-electron chi connectivity index (χ3n) is 1.78. The Morgan fingerprint density at radius 3 is 3.08 bits per heavy atom. The fourth-order valence-corrected chi connectivity index (χ4v) is 1.18. The van der Waals surface area contributed by atoms with E-state index in [2.05, 4.69) is 10.1 Å². The number of aryl methyl sites for hydroxylation is 1. The van der Waals surface area contributed by atoms with Crippen molar-refractivity contribution in [2.75, 3.05) is 6.61 Å². The first-order chi connectivity index (χ1) is 5.75. The van der Waals surface area contributed by atoms with Crippen LogP contribution < -0.4 is 5.73 Å². The van der Waals surface area contributed by atoms with E-state index in [1.807, 2.05) is 13.2 Å². The number of aliphatic imine (C=N–C) groups is 1. The summed E-state index contributed by atoms with van der Waals surface area (Å²) in [5.74, 6) is 0. The van der Waals surface area contributed by atoms with Gasteiger partial charge in [0, 0.05) is 18.8 Å². The first-order valence-corrected chi connectivity index (χ1v) is 3.70. The van der Waals surface area contributed by atoms with Gasteiger partial charge >= 0.3 is 0 Å². The van der Waals surface area contributed by atoms with Gasteiger partial charge in [0.25, 0.3) is 6.02 Å². The molecule has 0 saturated carbocycles. The molecule has 5 nitrogen and oxygen atoms in total. The summed E-state index contributed by atoms with van der Waals surface area (Å²) >= 11 is 0. The molecule has 0 spiro atoms. The van der Waals surface area contributed by atoms with Crippen LogP contribution in [0.25, 0.3) is 0 Å². The van der Waals surface area contributed by atoms with Gasteiger partial charge in [-0.3, -0.25) is 4.68 Å². The Morgan fingerprint density at radius 1 is 1.75 bits per heavy atom. The van der Waals surface area contributed by atoms with Crippen LogP contribution in [-0.4, -0.2) is 22.4 Å². The van der Waals surface area contributed by atoms with Crippen molar-refractivity contribution in [3.05, 3.63) is 18.0 Å². The minimum atomic E-state index is 0.0266. The quantitative estimate of drug-likeness (QED) is 0.628. The number of aromatic nitrogens is 2. The van der Waals surface area contributed by atoms with Crippen molar-refractivity contribution in [1.82, 2.24) is 9.78 Å². The van der Waals surface area contributed by atoms with Gasteiger partial charge in [-0.15, -0.1) is 0 Å². The highest BCUT2D eigenvalue weighted by Gasteiger charge is 2.19. The maximum absolute atomic E-state index is 5.37. The lowest BCUT2D eigenvalue weighted by atomic mass is 10.2. The zero-order chi connectivity index (χ0) is 8.55. The summed E-state index contributed by atoms with van der Waals surface area (Å²) in [5.41, 5.74) is 6.41. The van der Waals surface area contributed by atoms with Crippen LogP contribution in [0.1, 0.15) is 11.6 Å². The molecule has 0 aliphatic carbocycles. The Kier molecular flexibility index (Phi) is 1.49. The Labute approximate surface area is 69.8 Å². The second-order valence-corrected chi connectivity index (χ2v) is 2.74. The van der Waals surface area contributed by atoms with Gasteiger partial charge in [-0.2, -0.15) is 5.10 Å². The zero-order valence-corrected chi connectivity index (χ0v) is 6.77. The number of ether oxygens (including phenoxy) is 1. The summed E-state index contributed by atoms with van der Waals surface area (Å²) in [7, 11) is 1.87. The van der Waals surface area contributed by atoms with E-state index in [9.17, 15) is 0 Å². The smallest absolute Gasteiger partial charge is 0.282 e. The average molecular weight is 166 g/mol. The molecule has 12 heavy (non-hydrogen) atoms. The van der Waals surface area contributed by atoms with Crippen LogP contribution in [0.3, 0.4) is 0 Å².